The van der Waals surface area contributed by atoms with Crippen LogP contribution in [-0.2, 0) is 6.54 Å². The van der Waals surface area contributed by atoms with Crippen molar-refractivity contribution in [2.45, 2.75) is 46.0 Å². The van der Waals surface area contributed by atoms with Gasteiger partial charge in [-0.25, -0.2) is 4.99 Å². The van der Waals surface area contributed by atoms with Crippen LogP contribution in [-0.4, -0.2) is 49.3 Å². The van der Waals surface area contributed by atoms with Crippen LogP contribution in [0.1, 0.15) is 30.4 Å². The SMILES string of the molecule is CCNC(=NCc1cc(C)oc1C)NC1CCN(CC(F)(F)F)C1. The minimum Gasteiger partial charge on any atom is -0.466 e. The molecule has 1 aromatic heterocycles. The molecule has 0 bridgehead atoms. The highest BCUT2D eigenvalue weighted by atomic mass is 19.4. The van der Waals surface area contributed by atoms with E-state index in [9.17, 15) is 13.2 Å². The van der Waals surface area contributed by atoms with Crippen molar-refractivity contribution < 1.29 is 17.6 Å². The molecule has 24 heavy (non-hydrogen) atoms. The number of alkyl halides is 3. The summed E-state index contributed by atoms with van der Waals surface area (Å²) in [6.45, 7) is 6.85. The molecule has 1 aliphatic heterocycles. The molecule has 0 amide bonds. The molecule has 0 saturated carbocycles. The van der Waals surface area contributed by atoms with Crippen molar-refractivity contribution in [1.82, 2.24) is 15.5 Å². The van der Waals surface area contributed by atoms with Crippen molar-refractivity contribution in [3.05, 3.63) is 23.2 Å². The number of aliphatic imine (C=N–C) groups is 1. The van der Waals surface area contributed by atoms with E-state index in [4.69, 9.17) is 4.42 Å². The van der Waals surface area contributed by atoms with Crippen molar-refractivity contribution >= 4 is 5.96 Å². The van der Waals surface area contributed by atoms with Gasteiger partial charge in [-0.1, -0.05) is 0 Å². The standard InChI is InChI=1S/C16H25F3N4O/c1-4-20-15(21-8-13-7-11(2)24-12(13)3)22-14-5-6-23(9-14)10-16(17,18)19/h7,14H,4-6,8-10H2,1-3H3,(H2,20,21,22). The van der Waals surface area contributed by atoms with E-state index in [1.165, 1.54) is 4.90 Å². The highest BCUT2D eigenvalue weighted by molar-refractivity contribution is 5.80. The molecule has 0 spiro atoms. The quantitative estimate of drug-likeness (QED) is 0.636. The Balaban J connectivity index is 1.91. The minimum absolute atomic E-state index is 0.0302. The van der Waals surface area contributed by atoms with E-state index in [2.05, 4.69) is 15.6 Å². The van der Waals surface area contributed by atoms with Gasteiger partial charge >= 0.3 is 6.18 Å². The molecule has 0 aromatic carbocycles. The van der Waals surface area contributed by atoms with Crippen LogP contribution in [0.4, 0.5) is 13.2 Å². The van der Waals surface area contributed by atoms with Gasteiger partial charge in [0.2, 0.25) is 0 Å². The van der Waals surface area contributed by atoms with Crippen molar-refractivity contribution in [1.29, 1.82) is 0 Å². The monoisotopic (exact) mass is 346 g/mol. The maximum atomic E-state index is 12.5. The van der Waals surface area contributed by atoms with Gasteiger partial charge in [0.05, 0.1) is 13.1 Å². The molecule has 5 nitrogen and oxygen atoms in total. The fourth-order valence-corrected chi connectivity index (χ4v) is 2.87. The third kappa shape index (κ3) is 5.74. The molecule has 2 N–H and O–H groups in total. The number of guanidine groups is 1. The zero-order valence-electron chi connectivity index (χ0n) is 14.3. The summed E-state index contributed by atoms with van der Waals surface area (Å²) in [7, 11) is 0. The summed E-state index contributed by atoms with van der Waals surface area (Å²) in [5.74, 6) is 2.30. The Morgan fingerprint density at radius 1 is 1.42 bits per heavy atom. The Bertz CT molecular complexity index is 568. The van der Waals surface area contributed by atoms with E-state index in [1.807, 2.05) is 26.8 Å². The second kappa shape index (κ2) is 7.92. The number of hydrogen-bond acceptors (Lipinski definition) is 3. The minimum atomic E-state index is -4.15. The Kier molecular flexibility index (Phi) is 6.15. The average Bonchev–Trinajstić information content (AvgIpc) is 3.01. The summed E-state index contributed by atoms with van der Waals surface area (Å²) in [5, 5.41) is 6.37. The highest BCUT2D eigenvalue weighted by Gasteiger charge is 2.34. The van der Waals surface area contributed by atoms with E-state index < -0.39 is 12.7 Å². The summed E-state index contributed by atoms with van der Waals surface area (Å²) in [6.07, 6.45) is -3.48. The second-order valence-electron chi connectivity index (χ2n) is 6.11. The first-order valence-corrected chi connectivity index (χ1v) is 8.16. The van der Waals surface area contributed by atoms with E-state index in [0.29, 0.717) is 38.6 Å². The number of rotatable bonds is 5. The lowest BCUT2D eigenvalue weighted by Crippen LogP contribution is -2.45. The summed E-state index contributed by atoms with van der Waals surface area (Å²) in [4.78, 5) is 5.94. The van der Waals surface area contributed by atoms with E-state index in [1.54, 1.807) is 0 Å². The number of nitrogens with zero attached hydrogens (tertiary/aromatic N) is 2. The molecule has 0 aliphatic carbocycles. The number of likely N-dealkylation sites (tertiary alicyclic amines) is 1. The first kappa shape index (κ1) is 18.6. The van der Waals surface area contributed by atoms with Crippen LogP contribution in [0.25, 0.3) is 0 Å². The topological polar surface area (TPSA) is 52.8 Å². The molecule has 136 valence electrons. The zero-order chi connectivity index (χ0) is 17.7. The number of furan rings is 1. The van der Waals surface area contributed by atoms with Gasteiger partial charge in [-0.15, -0.1) is 0 Å². The molecule has 1 fully saturated rings. The molecule has 8 heteroatoms. The lowest BCUT2D eigenvalue weighted by atomic mass is 10.2. The van der Waals surface area contributed by atoms with Crippen LogP contribution in [0.2, 0.25) is 0 Å². The molecular weight excluding hydrogens is 321 g/mol. The van der Waals surface area contributed by atoms with Gasteiger partial charge in [-0.3, -0.25) is 4.90 Å². The van der Waals surface area contributed by atoms with Crippen LogP contribution in [0.15, 0.2) is 15.5 Å². The number of aryl methyl sites for hydroxylation is 2. The van der Waals surface area contributed by atoms with Crippen LogP contribution >= 0.6 is 0 Å². The zero-order valence-corrected chi connectivity index (χ0v) is 14.3. The highest BCUT2D eigenvalue weighted by Crippen LogP contribution is 2.20. The molecule has 2 heterocycles. The summed E-state index contributed by atoms with van der Waals surface area (Å²) in [5.41, 5.74) is 1.01. The van der Waals surface area contributed by atoms with Crippen molar-refractivity contribution in [3.8, 4) is 0 Å². The van der Waals surface area contributed by atoms with Gasteiger partial charge in [0.1, 0.15) is 11.5 Å². The van der Waals surface area contributed by atoms with Gasteiger partial charge in [-0.05, 0) is 33.3 Å². The lowest BCUT2D eigenvalue weighted by Gasteiger charge is -2.19. The van der Waals surface area contributed by atoms with Crippen LogP contribution in [0.5, 0.6) is 0 Å². The van der Waals surface area contributed by atoms with Gasteiger partial charge in [0.25, 0.3) is 0 Å². The van der Waals surface area contributed by atoms with Gasteiger partial charge < -0.3 is 15.1 Å². The van der Waals surface area contributed by atoms with Crippen molar-refractivity contribution in [3.63, 3.8) is 0 Å². The predicted octanol–water partition coefficient (Wildman–Crippen LogP) is 2.59. The Labute approximate surface area is 140 Å². The maximum absolute atomic E-state index is 12.5. The third-order valence-corrected chi connectivity index (χ3v) is 3.91. The number of halogens is 3. The number of hydrogen-bond donors (Lipinski definition) is 2. The van der Waals surface area contributed by atoms with E-state index in [0.717, 1.165) is 17.1 Å². The molecule has 1 atom stereocenters. The van der Waals surface area contributed by atoms with Gasteiger partial charge in [0, 0.05) is 31.2 Å². The third-order valence-electron chi connectivity index (χ3n) is 3.91. The second-order valence-corrected chi connectivity index (χ2v) is 6.11. The average molecular weight is 346 g/mol. The predicted molar refractivity (Wildman–Crippen MR) is 87.0 cm³/mol. The molecule has 1 aliphatic rings. The largest absolute Gasteiger partial charge is 0.466 e. The molecule has 1 aromatic rings. The Morgan fingerprint density at radius 2 is 2.17 bits per heavy atom. The van der Waals surface area contributed by atoms with Crippen LogP contribution in [0, 0.1) is 13.8 Å². The van der Waals surface area contributed by atoms with Crippen molar-refractivity contribution in [2.24, 2.45) is 4.99 Å². The Morgan fingerprint density at radius 3 is 2.75 bits per heavy atom. The molecule has 1 saturated heterocycles. The summed E-state index contributed by atoms with van der Waals surface area (Å²) < 4.78 is 42.9. The van der Waals surface area contributed by atoms with Crippen LogP contribution in [0.3, 0.4) is 0 Å². The summed E-state index contributed by atoms with van der Waals surface area (Å²) in [6, 6.07) is 1.92. The summed E-state index contributed by atoms with van der Waals surface area (Å²) >= 11 is 0. The fourth-order valence-electron chi connectivity index (χ4n) is 2.87. The first-order chi connectivity index (χ1) is 11.3. The molecular formula is C16H25F3N4O. The smallest absolute Gasteiger partial charge is 0.401 e. The Hall–Kier alpha value is -1.70. The maximum Gasteiger partial charge on any atom is 0.401 e. The molecule has 1 unspecified atom stereocenters. The van der Waals surface area contributed by atoms with E-state index in [-0.39, 0.29) is 6.04 Å². The van der Waals surface area contributed by atoms with Crippen molar-refractivity contribution in [2.75, 3.05) is 26.2 Å². The molecule has 2 rings (SSSR count). The normalized spacial score (nSPS) is 19.8. The first-order valence-electron chi connectivity index (χ1n) is 8.16. The van der Waals surface area contributed by atoms with E-state index >= 15 is 0 Å². The fraction of sp³-hybridized carbons (Fsp3) is 0.688. The van der Waals surface area contributed by atoms with Crippen LogP contribution < -0.4 is 10.6 Å². The van der Waals surface area contributed by atoms with Gasteiger partial charge in [0.15, 0.2) is 5.96 Å². The number of nitrogens with one attached hydrogen (secondary N) is 2. The lowest BCUT2D eigenvalue weighted by molar-refractivity contribution is -0.143. The molecule has 0 radical (unpaired) electrons. The van der Waals surface area contributed by atoms with Gasteiger partial charge in [-0.2, -0.15) is 13.2 Å².